The molecule has 2 bridgehead atoms. The molecule has 0 amide bonds. The highest BCUT2D eigenvalue weighted by Crippen LogP contribution is 2.58. The van der Waals surface area contributed by atoms with E-state index in [1.165, 1.54) is 50.1 Å². The number of thiol groups is 3. The molecule has 3 aliphatic rings. The Morgan fingerprint density at radius 1 is 0.500 bits per heavy atom. The molecule has 130 valence electrons. The average molecular weight is 393 g/mol. The summed E-state index contributed by atoms with van der Waals surface area (Å²) < 4.78 is 0. The fourth-order valence-electron chi connectivity index (χ4n) is 5.06. The Labute approximate surface area is 171 Å². The van der Waals surface area contributed by atoms with Crippen LogP contribution in [-0.4, -0.2) is 0 Å². The van der Waals surface area contributed by atoms with Gasteiger partial charge in [-0.2, -0.15) is 37.9 Å². The first kappa shape index (κ1) is 16.9. The molecule has 0 fully saturated rings. The zero-order valence-corrected chi connectivity index (χ0v) is 17.0. The van der Waals surface area contributed by atoms with Crippen molar-refractivity contribution in [1.82, 2.24) is 0 Å². The Bertz CT molecular complexity index is 966. The minimum absolute atomic E-state index is 0.284. The minimum Gasteiger partial charge on any atom is -0.175 e. The Kier molecular flexibility index (Phi) is 4.15. The van der Waals surface area contributed by atoms with E-state index >= 15 is 0 Å². The first-order valence-electron chi connectivity index (χ1n) is 8.97. The third-order valence-electron chi connectivity index (χ3n) is 6.00. The third-order valence-corrected chi connectivity index (χ3v) is 7.02. The van der Waals surface area contributed by atoms with Gasteiger partial charge in [0.1, 0.15) is 0 Å². The van der Waals surface area contributed by atoms with E-state index < -0.39 is 0 Å². The molecule has 0 saturated carbocycles. The predicted octanol–water partition coefficient (Wildman–Crippen LogP) is 5.96. The van der Waals surface area contributed by atoms with E-state index in [0.29, 0.717) is 5.92 Å². The summed E-state index contributed by atoms with van der Waals surface area (Å²) >= 11 is 13.9. The van der Waals surface area contributed by atoms with Gasteiger partial charge in [-0.1, -0.05) is 54.6 Å². The van der Waals surface area contributed by atoms with E-state index in [1.807, 2.05) is 0 Å². The quantitative estimate of drug-likeness (QED) is 0.310. The van der Waals surface area contributed by atoms with Crippen LogP contribution in [0.4, 0.5) is 0 Å². The Hall–Kier alpha value is -1.29. The number of rotatable bonds is 3. The summed E-state index contributed by atoms with van der Waals surface area (Å²) in [5.41, 5.74) is 12.8. The minimum atomic E-state index is 0.284. The average Bonchev–Trinajstić information content (AvgIpc) is 2.71. The molecule has 3 heteroatoms. The zero-order chi connectivity index (χ0) is 17.8. The first-order chi connectivity index (χ1) is 12.8. The van der Waals surface area contributed by atoms with Gasteiger partial charge in [0.2, 0.25) is 0 Å². The molecule has 6 rings (SSSR count). The van der Waals surface area contributed by atoms with Crippen LogP contribution in [0, 0.1) is 0 Å². The van der Waals surface area contributed by atoms with Gasteiger partial charge in [0.25, 0.3) is 0 Å². The van der Waals surface area contributed by atoms with E-state index in [4.69, 9.17) is 0 Å². The molecule has 0 aromatic heterocycles. The molecule has 0 N–H and O–H groups in total. The standard InChI is InChI=1S/C23H20S3/c24-10-13-4-3-9-18-19(13)22-16-7-1-5-14(11-25)20(16)23(18)21-15(12-26)6-2-8-17(21)22/h1-9,22-26H,10-12H2. The van der Waals surface area contributed by atoms with Gasteiger partial charge in [0.15, 0.2) is 0 Å². The van der Waals surface area contributed by atoms with E-state index in [-0.39, 0.29) is 5.92 Å². The van der Waals surface area contributed by atoms with Gasteiger partial charge >= 0.3 is 0 Å². The van der Waals surface area contributed by atoms with E-state index in [1.54, 1.807) is 0 Å². The Balaban J connectivity index is 1.92. The lowest BCUT2D eigenvalue weighted by molar-refractivity contribution is 0.735. The molecule has 3 aromatic rings. The van der Waals surface area contributed by atoms with Crippen molar-refractivity contribution in [3.63, 3.8) is 0 Å². The highest BCUT2D eigenvalue weighted by molar-refractivity contribution is 7.79. The van der Waals surface area contributed by atoms with E-state index in [0.717, 1.165) is 17.3 Å². The molecular weight excluding hydrogens is 372 g/mol. The van der Waals surface area contributed by atoms with Crippen molar-refractivity contribution < 1.29 is 0 Å². The van der Waals surface area contributed by atoms with Gasteiger partial charge in [-0.05, 0) is 50.1 Å². The third kappa shape index (κ3) is 2.14. The molecule has 0 nitrogen and oxygen atoms in total. The summed E-state index contributed by atoms with van der Waals surface area (Å²) in [7, 11) is 0. The normalized spacial score (nSPS) is 19.0. The van der Waals surface area contributed by atoms with Crippen molar-refractivity contribution in [3.05, 3.63) is 105 Å². The topological polar surface area (TPSA) is 0 Å². The second kappa shape index (κ2) is 6.40. The second-order valence-electron chi connectivity index (χ2n) is 7.10. The van der Waals surface area contributed by atoms with E-state index in [9.17, 15) is 0 Å². The highest BCUT2D eigenvalue weighted by atomic mass is 32.1. The number of benzene rings is 3. The van der Waals surface area contributed by atoms with Crippen molar-refractivity contribution >= 4 is 37.9 Å². The predicted molar refractivity (Wildman–Crippen MR) is 119 cm³/mol. The summed E-state index contributed by atoms with van der Waals surface area (Å²) in [6.45, 7) is 0. The maximum absolute atomic E-state index is 4.64. The fourth-order valence-corrected chi connectivity index (χ4v) is 5.88. The summed E-state index contributed by atoms with van der Waals surface area (Å²) in [6.07, 6.45) is 0. The van der Waals surface area contributed by atoms with Crippen LogP contribution < -0.4 is 0 Å². The second-order valence-corrected chi connectivity index (χ2v) is 8.05. The molecule has 3 aliphatic carbocycles. The lowest BCUT2D eigenvalue weighted by Crippen LogP contribution is -2.30. The molecule has 3 aromatic carbocycles. The van der Waals surface area contributed by atoms with Crippen LogP contribution >= 0.6 is 37.9 Å². The van der Waals surface area contributed by atoms with Crippen molar-refractivity contribution in [1.29, 1.82) is 0 Å². The molecule has 0 aliphatic heterocycles. The molecule has 0 heterocycles. The summed E-state index contributed by atoms with van der Waals surface area (Å²) in [6, 6.07) is 20.2. The molecular formula is C23H20S3. The molecule has 0 radical (unpaired) electrons. The molecule has 26 heavy (non-hydrogen) atoms. The zero-order valence-electron chi connectivity index (χ0n) is 14.3. The van der Waals surface area contributed by atoms with Crippen molar-refractivity contribution in [2.45, 2.75) is 29.1 Å². The highest BCUT2D eigenvalue weighted by Gasteiger charge is 2.43. The molecule has 0 atom stereocenters. The maximum Gasteiger partial charge on any atom is 0.0355 e. The summed E-state index contributed by atoms with van der Waals surface area (Å²) in [4.78, 5) is 0. The van der Waals surface area contributed by atoms with Gasteiger partial charge in [-0.25, -0.2) is 0 Å². The van der Waals surface area contributed by atoms with Gasteiger partial charge in [0, 0.05) is 29.1 Å². The van der Waals surface area contributed by atoms with Crippen LogP contribution in [0.3, 0.4) is 0 Å². The molecule has 0 unspecified atom stereocenters. The number of hydrogen-bond donors (Lipinski definition) is 3. The van der Waals surface area contributed by atoms with Crippen molar-refractivity contribution in [2.24, 2.45) is 0 Å². The lowest BCUT2D eigenvalue weighted by atomic mass is 9.59. The van der Waals surface area contributed by atoms with Crippen LogP contribution in [0.2, 0.25) is 0 Å². The summed E-state index contributed by atoms with van der Waals surface area (Å²) in [5, 5.41) is 0. The van der Waals surface area contributed by atoms with Gasteiger partial charge < -0.3 is 0 Å². The van der Waals surface area contributed by atoms with Gasteiger partial charge in [-0.15, -0.1) is 0 Å². The Morgan fingerprint density at radius 3 is 1.23 bits per heavy atom. The van der Waals surface area contributed by atoms with Crippen molar-refractivity contribution in [3.8, 4) is 0 Å². The number of hydrogen-bond acceptors (Lipinski definition) is 3. The van der Waals surface area contributed by atoms with Crippen LogP contribution in [0.5, 0.6) is 0 Å². The van der Waals surface area contributed by atoms with Crippen LogP contribution in [-0.2, 0) is 17.3 Å². The van der Waals surface area contributed by atoms with Crippen LogP contribution in [0.15, 0.2) is 54.6 Å². The van der Waals surface area contributed by atoms with Crippen LogP contribution in [0.1, 0.15) is 61.9 Å². The van der Waals surface area contributed by atoms with E-state index in [2.05, 4.69) is 92.5 Å². The van der Waals surface area contributed by atoms with Crippen molar-refractivity contribution in [2.75, 3.05) is 0 Å². The first-order valence-corrected chi connectivity index (χ1v) is 10.9. The SMILES string of the molecule is SCc1cccc2c1C1c3cccc(CS)c3C2c2c(CS)cccc21. The fraction of sp³-hybridized carbons (Fsp3) is 0.217. The van der Waals surface area contributed by atoms with Gasteiger partial charge in [-0.3, -0.25) is 0 Å². The van der Waals surface area contributed by atoms with Crippen LogP contribution in [0.25, 0.3) is 0 Å². The molecule has 0 spiro atoms. The smallest absolute Gasteiger partial charge is 0.0355 e. The maximum atomic E-state index is 4.64. The Morgan fingerprint density at radius 2 is 0.846 bits per heavy atom. The van der Waals surface area contributed by atoms with Gasteiger partial charge in [0.05, 0.1) is 0 Å². The largest absolute Gasteiger partial charge is 0.175 e. The monoisotopic (exact) mass is 392 g/mol. The summed E-state index contributed by atoms with van der Waals surface area (Å²) in [5.74, 6) is 2.89. The lowest BCUT2D eigenvalue weighted by Gasteiger charge is -2.45. The molecule has 0 saturated heterocycles.